The molecule has 1 aliphatic rings. The third kappa shape index (κ3) is 3.64. The highest BCUT2D eigenvalue weighted by molar-refractivity contribution is 6.31. The second-order valence-electron chi connectivity index (χ2n) is 7.95. The molecule has 1 fully saturated rings. The van der Waals surface area contributed by atoms with E-state index in [9.17, 15) is 9.90 Å². The van der Waals surface area contributed by atoms with Gasteiger partial charge in [-0.2, -0.15) is 0 Å². The molecule has 2 atom stereocenters. The van der Waals surface area contributed by atoms with Crippen molar-refractivity contribution in [2.75, 3.05) is 23.5 Å². The minimum absolute atomic E-state index is 0.00417. The SMILES string of the molecule is [C-]#[N+]c1cccc(C2(O)N(c3ccc(Cl)cc3)C(=O)N(c3ccc(Cl)cc3)[C@@]2(C)COC)c1. The van der Waals surface area contributed by atoms with Crippen LogP contribution in [0, 0.1) is 6.57 Å². The van der Waals surface area contributed by atoms with Gasteiger partial charge in [-0.05, 0) is 67.1 Å². The number of nitrogens with zero attached hydrogens (tertiary/aromatic N) is 3. The average molecular weight is 482 g/mol. The molecule has 0 aliphatic carbocycles. The number of urea groups is 1. The molecule has 0 saturated carbocycles. The van der Waals surface area contributed by atoms with Crippen LogP contribution in [0.2, 0.25) is 10.0 Å². The van der Waals surface area contributed by atoms with E-state index in [1.165, 1.54) is 16.9 Å². The largest absolute Gasteiger partial charge is 0.382 e. The van der Waals surface area contributed by atoms with Crippen LogP contribution in [0.5, 0.6) is 0 Å². The first kappa shape index (κ1) is 23.1. The Hall–Kier alpha value is -3.08. The molecule has 1 heterocycles. The number of amides is 2. The fourth-order valence-corrected chi connectivity index (χ4v) is 4.65. The number of carbonyl (C=O) groups is 1. The number of hydrogen-bond donors (Lipinski definition) is 1. The minimum atomic E-state index is -1.89. The third-order valence-electron chi connectivity index (χ3n) is 5.92. The third-order valence-corrected chi connectivity index (χ3v) is 6.43. The number of carbonyl (C=O) groups excluding carboxylic acids is 1. The molecule has 6 nitrogen and oxygen atoms in total. The normalized spacial score (nSPS) is 22.5. The van der Waals surface area contributed by atoms with E-state index in [-0.39, 0.29) is 6.61 Å². The monoisotopic (exact) mass is 481 g/mol. The standard InChI is InChI=1S/C25H21Cl2N3O3/c1-24(16-33-3)25(32,17-5-4-6-20(15-17)28-2)30(22-13-9-19(27)10-14-22)23(31)29(24)21-11-7-18(26)8-12-21/h4-15,32H,16H2,1,3H3/t24-,25?/m0/s1. The zero-order valence-electron chi connectivity index (χ0n) is 18.0. The predicted molar refractivity (Wildman–Crippen MR) is 130 cm³/mol. The number of rotatable bonds is 5. The first-order valence-electron chi connectivity index (χ1n) is 10.1. The maximum Gasteiger partial charge on any atom is 0.332 e. The molecule has 1 unspecified atom stereocenters. The van der Waals surface area contributed by atoms with Crippen LogP contribution >= 0.6 is 23.2 Å². The molecule has 1 aliphatic heterocycles. The lowest BCUT2D eigenvalue weighted by atomic mass is 9.82. The molecule has 1 N–H and O–H groups in total. The van der Waals surface area contributed by atoms with E-state index in [1.54, 1.807) is 79.7 Å². The summed E-state index contributed by atoms with van der Waals surface area (Å²) in [6.45, 7) is 9.18. The Morgan fingerprint density at radius 2 is 1.52 bits per heavy atom. The van der Waals surface area contributed by atoms with E-state index >= 15 is 0 Å². The summed E-state index contributed by atoms with van der Waals surface area (Å²) in [7, 11) is 1.51. The summed E-state index contributed by atoms with van der Waals surface area (Å²) in [6.07, 6.45) is 0. The summed E-state index contributed by atoms with van der Waals surface area (Å²) in [5.74, 6) is 0. The van der Waals surface area contributed by atoms with Crippen molar-refractivity contribution in [2.45, 2.75) is 18.2 Å². The number of halogens is 2. The van der Waals surface area contributed by atoms with Crippen LogP contribution in [0.4, 0.5) is 21.9 Å². The number of hydrogen-bond acceptors (Lipinski definition) is 3. The molecule has 2 amide bonds. The molecule has 1 saturated heterocycles. The van der Waals surface area contributed by atoms with Gasteiger partial charge in [0, 0.05) is 28.5 Å². The van der Waals surface area contributed by atoms with Crippen LogP contribution in [0.1, 0.15) is 12.5 Å². The number of methoxy groups -OCH3 is 1. The van der Waals surface area contributed by atoms with Crippen molar-refractivity contribution in [1.29, 1.82) is 0 Å². The molecule has 8 heteroatoms. The maximum absolute atomic E-state index is 14.0. The van der Waals surface area contributed by atoms with Crippen LogP contribution in [0.3, 0.4) is 0 Å². The fraction of sp³-hybridized carbons (Fsp3) is 0.200. The van der Waals surface area contributed by atoms with Gasteiger partial charge in [0.15, 0.2) is 11.4 Å². The van der Waals surface area contributed by atoms with Gasteiger partial charge in [-0.15, -0.1) is 0 Å². The van der Waals surface area contributed by atoms with Crippen molar-refractivity contribution in [3.8, 4) is 0 Å². The van der Waals surface area contributed by atoms with Gasteiger partial charge in [-0.3, -0.25) is 9.80 Å². The lowest BCUT2D eigenvalue weighted by Crippen LogP contribution is -2.60. The van der Waals surface area contributed by atoms with E-state index < -0.39 is 17.3 Å². The Balaban J connectivity index is 2.02. The van der Waals surface area contributed by atoms with E-state index in [0.29, 0.717) is 32.7 Å². The first-order valence-corrected chi connectivity index (χ1v) is 10.9. The van der Waals surface area contributed by atoms with E-state index in [2.05, 4.69) is 4.85 Å². The number of benzene rings is 3. The number of anilines is 2. The Morgan fingerprint density at radius 1 is 0.970 bits per heavy atom. The molecule has 0 aromatic heterocycles. The van der Waals surface area contributed by atoms with Gasteiger partial charge in [0.1, 0.15) is 5.54 Å². The van der Waals surface area contributed by atoms with Gasteiger partial charge < -0.3 is 9.84 Å². The second-order valence-corrected chi connectivity index (χ2v) is 8.82. The number of aliphatic hydroxyl groups is 1. The predicted octanol–water partition coefficient (Wildman–Crippen LogP) is 6.24. The van der Waals surface area contributed by atoms with Crippen molar-refractivity contribution in [2.24, 2.45) is 0 Å². The van der Waals surface area contributed by atoms with Crippen molar-refractivity contribution in [3.05, 3.63) is 99.8 Å². The molecular weight excluding hydrogens is 461 g/mol. The van der Waals surface area contributed by atoms with Crippen molar-refractivity contribution < 1.29 is 14.6 Å². The van der Waals surface area contributed by atoms with Gasteiger partial charge >= 0.3 is 6.03 Å². The summed E-state index contributed by atoms with van der Waals surface area (Å²) >= 11 is 12.2. The highest BCUT2D eigenvalue weighted by atomic mass is 35.5. The quantitative estimate of drug-likeness (QED) is 0.438. The Labute approximate surface area is 202 Å². The van der Waals surface area contributed by atoms with Crippen LogP contribution in [0.25, 0.3) is 4.85 Å². The number of ether oxygens (including phenoxy) is 1. The average Bonchev–Trinajstić information content (AvgIpc) is 2.98. The summed E-state index contributed by atoms with van der Waals surface area (Å²) in [5, 5.41) is 13.5. The Bertz CT molecular complexity index is 1230. The Kier molecular flexibility index (Phi) is 6.08. The molecule has 0 radical (unpaired) electrons. The minimum Gasteiger partial charge on any atom is -0.382 e. The van der Waals surface area contributed by atoms with Gasteiger partial charge in [0.25, 0.3) is 0 Å². The fourth-order valence-electron chi connectivity index (χ4n) is 4.40. The second kappa shape index (κ2) is 8.69. The summed E-state index contributed by atoms with van der Waals surface area (Å²) in [5.41, 5.74) is -1.47. The Morgan fingerprint density at radius 3 is 2.03 bits per heavy atom. The van der Waals surface area contributed by atoms with Crippen LogP contribution in [0.15, 0.2) is 72.8 Å². The lowest BCUT2D eigenvalue weighted by Gasteiger charge is -2.44. The molecule has 168 valence electrons. The zero-order valence-corrected chi connectivity index (χ0v) is 19.5. The van der Waals surface area contributed by atoms with Gasteiger partial charge in [-0.1, -0.05) is 41.4 Å². The zero-order chi connectivity index (χ0) is 23.8. The molecule has 4 rings (SSSR count). The van der Waals surface area contributed by atoms with E-state index in [4.69, 9.17) is 34.5 Å². The van der Waals surface area contributed by atoms with Crippen LogP contribution in [-0.4, -0.2) is 30.4 Å². The van der Waals surface area contributed by atoms with Crippen LogP contribution in [-0.2, 0) is 10.5 Å². The molecule has 33 heavy (non-hydrogen) atoms. The summed E-state index contributed by atoms with van der Waals surface area (Å²) < 4.78 is 5.54. The maximum atomic E-state index is 14.0. The molecule has 3 aromatic rings. The molecular formula is C25H21Cl2N3O3. The topological polar surface area (TPSA) is 57.4 Å². The van der Waals surface area contributed by atoms with Crippen LogP contribution < -0.4 is 9.80 Å². The highest BCUT2D eigenvalue weighted by Gasteiger charge is 2.66. The summed E-state index contributed by atoms with van der Waals surface area (Å²) in [6, 6.07) is 19.6. The van der Waals surface area contributed by atoms with Crippen molar-refractivity contribution in [1.82, 2.24) is 0 Å². The molecule has 3 aromatic carbocycles. The van der Waals surface area contributed by atoms with E-state index in [0.717, 1.165) is 0 Å². The molecule has 0 spiro atoms. The highest BCUT2D eigenvalue weighted by Crippen LogP contribution is 2.51. The van der Waals surface area contributed by atoms with Crippen molar-refractivity contribution in [3.63, 3.8) is 0 Å². The van der Waals surface area contributed by atoms with E-state index in [1.807, 2.05) is 0 Å². The van der Waals surface area contributed by atoms with Gasteiger partial charge in [0.2, 0.25) is 0 Å². The smallest absolute Gasteiger partial charge is 0.332 e. The van der Waals surface area contributed by atoms with Crippen molar-refractivity contribution >= 4 is 46.3 Å². The van der Waals surface area contributed by atoms with Gasteiger partial charge in [0.05, 0.1) is 13.2 Å². The first-order chi connectivity index (χ1) is 15.8. The lowest BCUT2D eigenvalue weighted by molar-refractivity contribution is -0.0409. The summed E-state index contributed by atoms with van der Waals surface area (Å²) in [4.78, 5) is 20.3. The molecule has 0 bridgehead atoms. The van der Waals surface area contributed by atoms with Gasteiger partial charge in [-0.25, -0.2) is 9.64 Å².